The van der Waals surface area contributed by atoms with Crippen LogP contribution in [0.25, 0.3) is 0 Å². The van der Waals surface area contributed by atoms with E-state index in [2.05, 4.69) is 20.8 Å². The molecule has 1 aromatic heterocycles. The maximum absolute atomic E-state index is 12.5. The van der Waals surface area contributed by atoms with E-state index in [-0.39, 0.29) is 23.6 Å². The van der Waals surface area contributed by atoms with Crippen LogP contribution in [0.1, 0.15) is 45.8 Å². The lowest BCUT2D eigenvalue weighted by molar-refractivity contribution is -0.113. The lowest BCUT2D eigenvalue weighted by Crippen LogP contribution is -2.28. The fourth-order valence-corrected chi connectivity index (χ4v) is 4.32. The minimum absolute atomic E-state index is 0.111. The van der Waals surface area contributed by atoms with Crippen molar-refractivity contribution in [2.45, 2.75) is 38.9 Å². The molecule has 0 fully saturated rings. The lowest BCUT2D eigenvalue weighted by atomic mass is 10.1. The number of aromatic nitrogens is 3. The summed E-state index contributed by atoms with van der Waals surface area (Å²) in [6.07, 6.45) is 0. The first-order valence-corrected chi connectivity index (χ1v) is 11.5. The van der Waals surface area contributed by atoms with E-state index < -0.39 is 0 Å². The Morgan fingerprint density at radius 2 is 1.73 bits per heavy atom. The van der Waals surface area contributed by atoms with E-state index in [0.29, 0.717) is 22.3 Å². The highest BCUT2D eigenvalue weighted by Crippen LogP contribution is 2.24. The Morgan fingerprint density at radius 3 is 2.33 bits per heavy atom. The van der Waals surface area contributed by atoms with Gasteiger partial charge in [-0.3, -0.25) is 9.59 Å². The molecule has 174 valence electrons. The van der Waals surface area contributed by atoms with Crippen molar-refractivity contribution < 1.29 is 14.3 Å². The number of carbonyl (C=O) groups is 2. The Balaban J connectivity index is 1.59. The number of methoxy groups -OCH3 is 1. The summed E-state index contributed by atoms with van der Waals surface area (Å²) in [5.41, 5.74) is 4.61. The van der Waals surface area contributed by atoms with Crippen molar-refractivity contribution in [2.75, 3.05) is 18.2 Å². The van der Waals surface area contributed by atoms with Gasteiger partial charge in [0.05, 0.1) is 18.9 Å². The number of amides is 2. The van der Waals surface area contributed by atoms with Gasteiger partial charge in [-0.2, -0.15) is 0 Å². The first-order valence-electron chi connectivity index (χ1n) is 10.5. The van der Waals surface area contributed by atoms with Gasteiger partial charge in [-0.25, -0.2) is 0 Å². The molecule has 9 heteroatoms. The molecule has 0 saturated carbocycles. The van der Waals surface area contributed by atoms with Gasteiger partial charge < -0.3 is 19.9 Å². The number of rotatable bonds is 8. The van der Waals surface area contributed by atoms with Gasteiger partial charge in [0.1, 0.15) is 5.75 Å². The Morgan fingerprint density at radius 1 is 1.09 bits per heavy atom. The maximum atomic E-state index is 12.5. The molecular weight excluding hydrogens is 438 g/mol. The molecule has 3 aromatic rings. The van der Waals surface area contributed by atoms with Crippen molar-refractivity contribution in [3.05, 3.63) is 64.5 Å². The zero-order valence-electron chi connectivity index (χ0n) is 19.7. The van der Waals surface area contributed by atoms with Crippen LogP contribution in [-0.2, 0) is 11.8 Å². The predicted molar refractivity (Wildman–Crippen MR) is 130 cm³/mol. The van der Waals surface area contributed by atoms with E-state index in [1.54, 1.807) is 35.9 Å². The second-order valence-corrected chi connectivity index (χ2v) is 8.88. The fraction of sp³-hybridized carbons (Fsp3) is 0.333. The zero-order valence-corrected chi connectivity index (χ0v) is 20.5. The van der Waals surface area contributed by atoms with Gasteiger partial charge in [0, 0.05) is 18.3 Å². The second kappa shape index (κ2) is 10.5. The van der Waals surface area contributed by atoms with E-state index in [0.717, 1.165) is 22.4 Å². The molecule has 0 radical (unpaired) electrons. The number of benzene rings is 2. The van der Waals surface area contributed by atoms with Crippen molar-refractivity contribution in [3.63, 3.8) is 0 Å². The number of carbonyl (C=O) groups excluding carboxylic acids is 2. The quantitative estimate of drug-likeness (QED) is 0.487. The standard InChI is InChI=1S/C24H29N5O3S/c1-14-11-15(2)21(16(3)12-14)26-20(30)13-33-24-28-27-22(29(24)5)17(4)25-23(31)18-7-9-19(32-6)10-8-18/h7-12,17H,13H2,1-6H3,(H,25,31)(H,26,30). The van der Waals surface area contributed by atoms with Crippen molar-refractivity contribution in [1.29, 1.82) is 0 Å². The molecule has 1 unspecified atom stereocenters. The molecule has 1 atom stereocenters. The van der Waals surface area contributed by atoms with Crippen LogP contribution in [-0.4, -0.2) is 39.4 Å². The van der Waals surface area contributed by atoms with Crippen LogP contribution in [0.5, 0.6) is 5.75 Å². The van der Waals surface area contributed by atoms with Gasteiger partial charge in [0.15, 0.2) is 11.0 Å². The van der Waals surface area contributed by atoms with Crippen molar-refractivity contribution >= 4 is 29.3 Å². The number of anilines is 1. The number of hydrogen-bond acceptors (Lipinski definition) is 6. The number of hydrogen-bond donors (Lipinski definition) is 2. The van der Waals surface area contributed by atoms with E-state index in [4.69, 9.17) is 4.74 Å². The first kappa shape index (κ1) is 24.3. The van der Waals surface area contributed by atoms with Crippen LogP contribution < -0.4 is 15.4 Å². The summed E-state index contributed by atoms with van der Waals surface area (Å²) in [6, 6.07) is 10.6. The molecule has 2 N–H and O–H groups in total. The highest BCUT2D eigenvalue weighted by atomic mass is 32.2. The van der Waals surface area contributed by atoms with Gasteiger partial charge in [-0.1, -0.05) is 29.5 Å². The number of nitrogens with zero attached hydrogens (tertiary/aromatic N) is 3. The van der Waals surface area contributed by atoms with Crippen LogP contribution in [0.4, 0.5) is 5.69 Å². The third-order valence-electron chi connectivity index (χ3n) is 5.23. The van der Waals surface area contributed by atoms with Gasteiger partial charge in [-0.05, 0) is 63.1 Å². The Labute approximate surface area is 198 Å². The minimum Gasteiger partial charge on any atom is -0.497 e. The summed E-state index contributed by atoms with van der Waals surface area (Å²) in [4.78, 5) is 25.1. The summed E-state index contributed by atoms with van der Waals surface area (Å²) >= 11 is 1.30. The Kier molecular flexibility index (Phi) is 7.75. The molecule has 0 aliphatic rings. The number of thioether (sulfide) groups is 1. The average Bonchev–Trinajstić information content (AvgIpc) is 3.15. The van der Waals surface area contributed by atoms with Gasteiger partial charge >= 0.3 is 0 Å². The number of nitrogens with one attached hydrogen (secondary N) is 2. The van der Waals surface area contributed by atoms with Crippen LogP contribution in [0.2, 0.25) is 0 Å². The van der Waals surface area contributed by atoms with Gasteiger partial charge in [0.2, 0.25) is 5.91 Å². The normalized spacial score (nSPS) is 11.7. The topological polar surface area (TPSA) is 98.1 Å². The van der Waals surface area contributed by atoms with E-state index in [1.165, 1.54) is 11.8 Å². The van der Waals surface area contributed by atoms with Crippen molar-refractivity contribution in [3.8, 4) is 5.75 Å². The van der Waals surface area contributed by atoms with Gasteiger partial charge in [0.25, 0.3) is 5.91 Å². The molecule has 2 aromatic carbocycles. The molecule has 0 aliphatic heterocycles. The monoisotopic (exact) mass is 467 g/mol. The predicted octanol–water partition coefficient (Wildman–Crippen LogP) is 3.97. The highest BCUT2D eigenvalue weighted by molar-refractivity contribution is 7.99. The molecule has 3 rings (SSSR count). The third-order valence-corrected chi connectivity index (χ3v) is 6.25. The highest BCUT2D eigenvalue weighted by Gasteiger charge is 2.19. The summed E-state index contributed by atoms with van der Waals surface area (Å²) in [5, 5.41) is 14.9. The molecule has 2 amide bonds. The van der Waals surface area contributed by atoms with E-state index >= 15 is 0 Å². The fourth-order valence-electron chi connectivity index (χ4n) is 3.60. The molecule has 8 nitrogen and oxygen atoms in total. The molecule has 0 bridgehead atoms. The minimum atomic E-state index is -0.363. The lowest BCUT2D eigenvalue weighted by Gasteiger charge is -2.14. The number of ether oxygens (including phenoxy) is 1. The Bertz CT molecular complexity index is 1130. The van der Waals surface area contributed by atoms with Gasteiger partial charge in [-0.15, -0.1) is 10.2 Å². The van der Waals surface area contributed by atoms with Crippen LogP contribution in [0, 0.1) is 20.8 Å². The van der Waals surface area contributed by atoms with Crippen LogP contribution in [0.3, 0.4) is 0 Å². The van der Waals surface area contributed by atoms with Crippen LogP contribution >= 0.6 is 11.8 Å². The van der Waals surface area contributed by atoms with Crippen molar-refractivity contribution in [2.24, 2.45) is 7.05 Å². The molecular formula is C24H29N5O3S. The molecule has 0 spiro atoms. The molecule has 33 heavy (non-hydrogen) atoms. The Hall–Kier alpha value is -3.33. The average molecular weight is 468 g/mol. The van der Waals surface area contributed by atoms with Crippen molar-refractivity contribution in [1.82, 2.24) is 20.1 Å². The third kappa shape index (κ3) is 5.92. The first-order chi connectivity index (χ1) is 15.7. The largest absolute Gasteiger partial charge is 0.497 e. The van der Waals surface area contributed by atoms with E-state index in [9.17, 15) is 9.59 Å². The summed E-state index contributed by atoms with van der Waals surface area (Å²) in [6.45, 7) is 7.85. The SMILES string of the molecule is COc1ccc(C(=O)NC(C)c2nnc(SCC(=O)Nc3c(C)cc(C)cc3C)n2C)cc1. The molecule has 0 saturated heterocycles. The molecule has 0 aliphatic carbocycles. The summed E-state index contributed by atoms with van der Waals surface area (Å²) < 4.78 is 6.91. The number of aryl methyl sites for hydroxylation is 3. The second-order valence-electron chi connectivity index (χ2n) is 7.93. The summed E-state index contributed by atoms with van der Waals surface area (Å²) in [5.74, 6) is 1.16. The smallest absolute Gasteiger partial charge is 0.251 e. The van der Waals surface area contributed by atoms with E-state index in [1.807, 2.05) is 46.9 Å². The molecule has 1 heterocycles. The maximum Gasteiger partial charge on any atom is 0.251 e. The summed E-state index contributed by atoms with van der Waals surface area (Å²) in [7, 11) is 3.40. The van der Waals surface area contributed by atoms with Crippen LogP contribution in [0.15, 0.2) is 41.6 Å². The zero-order chi connectivity index (χ0) is 24.1.